The maximum atomic E-state index is 12.5. The lowest BCUT2D eigenvalue weighted by Gasteiger charge is -2.05. The Morgan fingerprint density at radius 1 is 0.857 bits per heavy atom. The molecular formula is C23H20O5. The minimum Gasteiger partial charge on any atom is -0.465 e. The number of benzene rings is 2. The van der Waals surface area contributed by atoms with Gasteiger partial charge in [0.1, 0.15) is 11.3 Å². The molecule has 0 aliphatic rings. The van der Waals surface area contributed by atoms with E-state index in [1.165, 1.54) is 14.2 Å². The van der Waals surface area contributed by atoms with E-state index in [0.29, 0.717) is 11.3 Å². The number of carbonyl (C=O) groups is 2. The van der Waals surface area contributed by atoms with E-state index >= 15 is 0 Å². The van der Waals surface area contributed by atoms with Crippen molar-refractivity contribution in [2.24, 2.45) is 0 Å². The van der Waals surface area contributed by atoms with Gasteiger partial charge in [0.15, 0.2) is 0 Å². The number of furan rings is 1. The van der Waals surface area contributed by atoms with Gasteiger partial charge in [0.25, 0.3) is 0 Å². The summed E-state index contributed by atoms with van der Waals surface area (Å²) in [6, 6.07) is 17.2. The molecule has 3 aromatic rings. The molecule has 1 heterocycles. The average Bonchev–Trinajstić information content (AvgIpc) is 3.12. The van der Waals surface area contributed by atoms with Crippen LogP contribution in [0, 0.1) is 6.92 Å². The molecule has 0 saturated heterocycles. The topological polar surface area (TPSA) is 65.7 Å². The van der Waals surface area contributed by atoms with Crippen molar-refractivity contribution in [2.45, 2.75) is 6.92 Å². The highest BCUT2D eigenvalue weighted by molar-refractivity contribution is 6.08. The van der Waals surface area contributed by atoms with Gasteiger partial charge >= 0.3 is 11.9 Å². The second-order valence-electron chi connectivity index (χ2n) is 6.14. The summed E-state index contributed by atoms with van der Waals surface area (Å²) in [7, 11) is 2.49. The van der Waals surface area contributed by atoms with Gasteiger partial charge in [-0.05, 0) is 24.1 Å². The van der Waals surface area contributed by atoms with Crippen LogP contribution in [0.15, 0.2) is 59.0 Å². The molecule has 0 atom stereocenters. The molecule has 0 saturated carbocycles. The summed E-state index contributed by atoms with van der Waals surface area (Å²) in [4.78, 5) is 24.7. The Morgan fingerprint density at radius 2 is 1.50 bits per heavy atom. The number of esters is 2. The Hall–Kier alpha value is -3.60. The Bertz CT molecular complexity index is 1010. The molecule has 5 heteroatoms. The highest BCUT2D eigenvalue weighted by Gasteiger charge is 2.31. The molecule has 0 spiro atoms. The van der Waals surface area contributed by atoms with E-state index < -0.39 is 11.9 Å². The summed E-state index contributed by atoms with van der Waals surface area (Å²) in [5.74, 6) is -1.22. The first-order valence-corrected chi connectivity index (χ1v) is 8.68. The van der Waals surface area contributed by atoms with E-state index in [0.717, 1.165) is 16.7 Å². The second-order valence-corrected chi connectivity index (χ2v) is 6.14. The fourth-order valence-corrected chi connectivity index (χ4v) is 2.84. The van der Waals surface area contributed by atoms with Gasteiger partial charge in [-0.25, -0.2) is 9.59 Å². The normalized spacial score (nSPS) is 10.8. The first kappa shape index (κ1) is 19.2. The quantitative estimate of drug-likeness (QED) is 0.586. The third kappa shape index (κ3) is 3.88. The van der Waals surface area contributed by atoms with Crippen LogP contribution in [0.2, 0.25) is 0 Å². The third-order valence-corrected chi connectivity index (χ3v) is 4.26. The molecule has 2 aromatic carbocycles. The largest absolute Gasteiger partial charge is 0.465 e. The Kier molecular flexibility index (Phi) is 5.75. The standard InChI is InChI=1S/C23H20O5/c1-15-9-12-17(13-10-15)19-18(14-11-16-7-5-4-6-8-16)28-21(23(25)27-3)20(19)22(24)26-2/h4-14H,1-3H3/b14-11+. The van der Waals surface area contributed by atoms with E-state index in [4.69, 9.17) is 13.9 Å². The SMILES string of the molecule is COC(=O)c1oc(/C=C/c2ccccc2)c(-c2ccc(C)cc2)c1C(=O)OC. The number of aryl methyl sites for hydroxylation is 1. The van der Waals surface area contributed by atoms with Gasteiger partial charge in [-0.2, -0.15) is 0 Å². The lowest BCUT2D eigenvalue weighted by molar-refractivity contribution is 0.0528. The highest BCUT2D eigenvalue weighted by atomic mass is 16.5. The van der Waals surface area contributed by atoms with Crippen LogP contribution in [-0.2, 0) is 9.47 Å². The Balaban J connectivity index is 2.23. The molecular weight excluding hydrogens is 356 g/mol. The second kappa shape index (κ2) is 8.39. The average molecular weight is 376 g/mol. The summed E-state index contributed by atoms with van der Waals surface area (Å²) in [6.45, 7) is 1.97. The molecule has 142 valence electrons. The molecule has 0 unspecified atom stereocenters. The monoisotopic (exact) mass is 376 g/mol. The third-order valence-electron chi connectivity index (χ3n) is 4.26. The van der Waals surface area contributed by atoms with Crippen molar-refractivity contribution in [3.05, 3.63) is 82.8 Å². The molecule has 0 amide bonds. The molecule has 0 radical (unpaired) electrons. The van der Waals surface area contributed by atoms with Crippen LogP contribution in [0.3, 0.4) is 0 Å². The lowest BCUT2D eigenvalue weighted by atomic mass is 9.98. The van der Waals surface area contributed by atoms with Gasteiger partial charge in [-0.15, -0.1) is 0 Å². The maximum absolute atomic E-state index is 12.5. The number of hydrogen-bond acceptors (Lipinski definition) is 5. The molecule has 0 aliphatic carbocycles. The number of ether oxygens (including phenoxy) is 2. The number of hydrogen-bond donors (Lipinski definition) is 0. The maximum Gasteiger partial charge on any atom is 0.374 e. The predicted molar refractivity (Wildman–Crippen MR) is 107 cm³/mol. The van der Waals surface area contributed by atoms with Crippen LogP contribution in [0.25, 0.3) is 23.3 Å². The van der Waals surface area contributed by atoms with Crippen LogP contribution >= 0.6 is 0 Å². The molecule has 28 heavy (non-hydrogen) atoms. The van der Waals surface area contributed by atoms with Crippen LogP contribution < -0.4 is 0 Å². The summed E-state index contributed by atoms with van der Waals surface area (Å²) in [6.07, 6.45) is 3.57. The van der Waals surface area contributed by atoms with Crippen molar-refractivity contribution >= 4 is 24.1 Å². The van der Waals surface area contributed by atoms with E-state index in [1.54, 1.807) is 6.08 Å². The zero-order valence-electron chi connectivity index (χ0n) is 15.9. The van der Waals surface area contributed by atoms with Gasteiger partial charge in [0.2, 0.25) is 5.76 Å². The van der Waals surface area contributed by atoms with Gasteiger partial charge < -0.3 is 13.9 Å². The fraction of sp³-hybridized carbons (Fsp3) is 0.130. The lowest BCUT2D eigenvalue weighted by Crippen LogP contribution is -2.10. The van der Waals surface area contributed by atoms with Gasteiger partial charge in [0, 0.05) is 5.56 Å². The number of carbonyl (C=O) groups excluding carboxylic acids is 2. The number of rotatable bonds is 5. The van der Waals surface area contributed by atoms with Gasteiger partial charge in [-0.3, -0.25) is 0 Å². The summed E-state index contributed by atoms with van der Waals surface area (Å²) < 4.78 is 15.5. The van der Waals surface area contributed by atoms with Crippen molar-refractivity contribution < 1.29 is 23.5 Å². The van der Waals surface area contributed by atoms with Crippen molar-refractivity contribution in [2.75, 3.05) is 14.2 Å². The number of methoxy groups -OCH3 is 2. The minimum atomic E-state index is -0.742. The van der Waals surface area contributed by atoms with E-state index in [-0.39, 0.29) is 11.3 Å². The smallest absolute Gasteiger partial charge is 0.374 e. The summed E-state index contributed by atoms with van der Waals surface area (Å²) in [5.41, 5.74) is 3.29. The molecule has 3 rings (SSSR count). The minimum absolute atomic E-state index is 0.0471. The molecule has 1 aromatic heterocycles. The zero-order chi connectivity index (χ0) is 20.1. The first-order valence-electron chi connectivity index (χ1n) is 8.68. The molecule has 5 nitrogen and oxygen atoms in total. The molecule has 0 N–H and O–H groups in total. The fourth-order valence-electron chi connectivity index (χ4n) is 2.84. The van der Waals surface area contributed by atoms with E-state index in [2.05, 4.69) is 0 Å². The van der Waals surface area contributed by atoms with Crippen LogP contribution in [0.1, 0.15) is 37.8 Å². The molecule has 0 fully saturated rings. The van der Waals surface area contributed by atoms with E-state index in [1.807, 2.05) is 67.6 Å². The van der Waals surface area contributed by atoms with Gasteiger partial charge in [-0.1, -0.05) is 66.2 Å². The summed E-state index contributed by atoms with van der Waals surface area (Å²) >= 11 is 0. The predicted octanol–water partition coefficient (Wildman–Crippen LogP) is 5.00. The molecule has 0 aliphatic heterocycles. The molecule has 0 bridgehead atoms. The Morgan fingerprint density at radius 3 is 2.11 bits per heavy atom. The van der Waals surface area contributed by atoms with E-state index in [9.17, 15) is 9.59 Å². The van der Waals surface area contributed by atoms with Crippen molar-refractivity contribution in [1.82, 2.24) is 0 Å². The van der Waals surface area contributed by atoms with Crippen LogP contribution in [0.5, 0.6) is 0 Å². The summed E-state index contributed by atoms with van der Waals surface area (Å²) in [5, 5.41) is 0. The van der Waals surface area contributed by atoms with Crippen molar-refractivity contribution in [3.63, 3.8) is 0 Å². The first-order chi connectivity index (χ1) is 13.5. The zero-order valence-corrected chi connectivity index (χ0v) is 15.9. The van der Waals surface area contributed by atoms with Crippen LogP contribution in [0.4, 0.5) is 0 Å². The Labute approximate surface area is 163 Å². The van der Waals surface area contributed by atoms with Gasteiger partial charge in [0.05, 0.1) is 14.2 Å². The van der Waals surface area contributed by atoms with Crippen LogP contribution in [-0.4, -0.2) is 26.2 Å². The van der Waals surface area contributed by atoms with Crippen molar-refractivity contribution in [1.29, 1.82) is 0 Å². The highest BCUT2D eigenvalue weighted by Crippen LogP contribution is 2.35. The van der Waals surface area contributed by atoms with Crippen molar-refractivity contribution in [3.8, 4) is 11.1 Å².